The number of hydrogen-bond donors (Lipinski definition) is 1. The van der Waals surface area contributed by atoms with E-state index in [-0.39, 0.29) is 5.91 Å². The molecule has 2 rings (SSSR count). The molecular weight excluding hydrogens is 216 g/mol. The lowest BCUT2D eigenvalue weighted by molar-refractivity contribution is 0.0736. The van der Waals surface area contributed by atoms with Crippen LogP contribution in [0.15, 0.2) is 24.3 Å². The van der Waals surface area contributed by atoms with Crippen LogP contribution in [0.3, 0.4) is 0 Å². The van der Waals surface area contributed by atoms with Crippen molar-refractivity contribution in [2.45, 2.75) is 6.92 Å². The van der Waals surface area contributed by atoms with Crippen molar-refractivity contribution < 1.29 is 9.53 Å². The molecular formula is C13H18N2O2. The van der Waals surface area contributed by atoms with Crippen LogP contribution in [0.4, 0.5) is 0 Å². The topological polar surface area (TPSA) is 41.6 Å². The van der Waals surface area contributed by atoms with Crippen LogP contribution in [-0.2, 0) is 0 Å². The van der Waals surface area contributed by atoms with E-state index in [2.05, 4.69) is 5.32 Å². The van der Waals surface area contributed by atoms with E-state index in [1.807, 2.05) is 36.1 Å². The fourth-order valence-corrected chi connectivity index (χ4v) is 1.91. The quantitative estimate of drug-likeness (QED) is 0.852. The first kappa shape index (κ1) is 11.9. The number of amides is 1. The Kier molecular flexibility index (Phi) is 3.98. The van der Waals surface area contributed by atoms with E-state index in [1.54, 1.807) is 0 Å². The third-order valence-electron chi connectivity index (χ3n) is 2.82. The van der Waals surface area contributed by atoms with Gasteiger partial charge >= 0.3 is 0 Å². The molecule has 0 bridgehead atoms. The number of hydrogen-bond acceptors (Lipinski definition) is 3. The predicted molar refractivity (Wildman–Crippen MR) is 66.4 cm³/mol. The maximum Gasteiger partial charge on any atom is 0.253 e. The van der Waals surface area contributed by atoms with Crippen LogP contribution in [0, 0.1) is 0 Å². The molecule has 0 saturated carbocycles. The smallest absolute Gasteiger partial charge is 0.253 e. The molecule has 1 N–H and O–H groups in total. The molecule has 0 atom stereocenters. The Labute approximate surface area is 102 Å². The predicted octanol–water partition coefficient (Wildman–Crippen LogP) is 1.13. The van der Waals surface area contributed by atoms with Gasteiger partial charge in [-0.05, 0) is 31.2 Å². The monoisotopic (exact) mass is 234 g/mol. The minimum Gasteiger partial charge on any atom is -0.494 e. The summed E-state index contributed by atoms with van der Waals surface area (Å²) in [5.74, 6) is 0.916. The molecule has 0 spiro atoms. The van der Waals surface area contributed by atoms with Crippen LogP contribution in [0.1, 0.15) is 17.3 Å². The first-order valence-corrected chi connectivity index (χ1v) is 6.04. The first-order chi connectivity index (χ1) is 8.31. The summed E-state index contributed by atoms with van der Waals surface area (Å²) in [6, 6.07) is 7.35. The number of ether oxygens (including phenoxy) is 1. The lowest BCUT2D eigenvalue weighted by Crippen LogP contribution is -2.46. The summed E-state index contributed by atoms with van der Waals surface area (Å²) in [6.07, 6.45) is 0. The molecule has 0 aliphatic carbocycles. The zero-order chi connectivity index (χ0) is 12.1. The Morgan fingerprint density at radius 2 is 1.94 bits per heavy atom. The highest BCUT2D eigenvalue weighted by Gasteiger charge is 2.17. The van der Waals surface area contributed by atoms with E-state index in [0.29, 0.717) is 6.61 Å². The Morgan fingerprint density at radius 1 is 1.29 bits per heavy atom. The number of carbonyl (C=O) groups is 1. The van der Waals surface area contributed by atoms with Crippen molar-refractivity contribution >= 4 is 5.91 Å². The van der Waals surface area contributed by atoms with E-state index in [4.69, 9.17) is 4.74 Å². The van der Waals surface area contributed by atoms with Crippen molar-refractivity contribution in [2.75, 3.05) is 32.8 Å². The van der Waals surface area contributed by atoms with Gasteiger partial charge in [0.15, 0.2) is 0 Å². The van der Waals surface area contributed by atoms with Gasteiger partial charge < -0.3 is 15.0 Å². The molecule has 1 saturated heterocycles. The molecule has 1 aliphatic heterocycles. The van der Waals surface area contributed by atoms with Crippen molar-refractivity contribution in [3.63, 3.8) is 0 Å². The molecule has 4 heteroatoms. The molecule has 0 aromatic heterocycles. The highest BCUT2D eigenvalue weighted by atomic mass is 16.5. The van der Waals surface area contributed by atoms with Crippen LogP contribution in [0.5, 0.6) is 5.75 Å². The van der Waals surface area contributed by atoms with Gasteiger partial charge in [-0.3, -0.25) is 4.79 Å². The largest absolute Gasteiger partial charge is 0.494 e. The lowest BCUT2D eigenvalue weighted by Gasteiger charge is -2.27. The standard InChI is InChI=1S/C13H18N2O2/c1-2-17-12-5-3-11(4-6-12)13(16)15-9-7-14-8-10-15/h3-6,14H,2,7-10H2,1H3. The Morgan fingerprint density at radius 3 is 2.53 bits per heavy atom. The fourth-order valence-electron chi connectivity index (χ4n) is 1.91. The van der Waals surface area contributed by atoms with Gasteiger partial charge in [-0.15, -0.1) is 0 Å². The van der Waals surface area contributed by atoms with E-state index in [1.165, 1.54) is 0 Å². The Hall–Kier alpha value is -1.55. The van der Waals surface area contributed by atoms with E-state index in [9.17, 15) is 4.79 Å². The van der Waals surface area contributed by atoms with Gasteiger partial charge in [-0.25, -0.2) is 0 Å². The van der Waals surface area contributed by atoms with Gasteiger partial charge in [0.1, 0.15) is 5.75 Å². The molecule has 1 aromatic carbocycles. The minimum absolute atomic E-state index is 0.106. The van der Waals surface area contributed by atoms with Crippen molar-refractivity contribution in [1.82, 2.24) is 10.2 Å². The molecule has 92 valence electrons. The Balaban J connectivity index is 2.03. The molecule has 0 radical (unpaired) electrons. The number of carbonyl (C=O) groups excluding carboxylic acids is 1. The van der Waals surface area contributed by atoms with Crippen molar-refractivity contribution in [3.05, 3.63) is 29.8 Å². The van der Waals surface area contributed by atoms with Gasteiger partial charge in [-0.2, -0.15) is 0 Å². The average molecular weight is 234 g/mol. The van der Waals surface area contributed by atoms with Crippen LogP contribution >= 0.6 is 0 Å². The van der Waals surface area contributed by atoms with Gasteiger partial charge in [0.25, 0.3) is 5.91 Å². The Bertz CT molecular complexity index is 370. The van der Waals surface area contributed by atoms with Crippen molar-refractivity contribution in [1.29, 1.82) is 0 Å². The molecule has 1 aromatic rings. The number of rotatable bonds is 3. The van der Waals surface area contributed by atoms with E-state index in [0.717, 1.165) is 37.5 Å². The third-order valence-corrected chi connectivity index (χ3v) is 2.82. The molecule has 1 amide bonds. The molecule has 1 fully saturated rings. The zero-order valence-corrected chi connectivity index (χ0v) is 10.1. The third kappa shape index (κ3) is 2.97. The fraction of sp³-hybridized carbons (Fsp3) is 0.462. The zero-order valence-electron chi connectivity index (χ0n) is 10.1. The number of nitrogens with zero attached hydrogens (tertiary/aromatic N) is 1. The van der Waals surface area contributed by atoms with Gasteiger partial charge in [0, 0.05) is 31.7 Å². The molecule has 0 unspecified atom stereocenters. The maximum absolute atomic E-state index is 12.1. The van der Waals surface area contributed by atoms with Crippen LogP contribution in [0.25, 0.3) is 0 Å². The van der Waals surface area contributed by atoms with E-state index >= 15 is 0 Å². The van der Waals surface area contributed by atoms with Crippen molar-refractivity contribution in [2.24, 2.45) is 0 Å². The summed E-state index contributed by atoms with van der Waals surface area (Å²) in [7, 11) is 0. The minimum atomic E-state index is 0.106. The average Bonchev–Trinajstić information content (AvgIpc) is 2.40. The molecule has 4 nitrogen and oxygen atoms in total. The second-order valence-electron chi connectivity index (χ2n) is 4.00. The maximum atomic E-state index is 12.1. The summed E-state index contributed by atoms with van der Waals surface area (Å²) in [5, 5.41) is 3.23. The molecule has 1 aliphatic rings. The number of nitrogens with one attached hydrogen (secondary N) is 1. The summed E-state index contributed by atoms with van der Waals surface area (Å²) in [4.78, 5) is 14.0. The van der Waals surface area contributed by atoms with Gasteiger partial charge in [0.05, 0.1) is 6.61 Å². The molecule has 1 heterocycles. The summed E-state index contributed by atoms with van der Waals surface area (Å²) >= 11 is 0. The van der Waals surface area contributed by atoms with Crippen LogP contribution in [0.2, 0.25) is 0 Å². The molecule has 17 heavy (non-hydrogen) atoms. The second-order valence-corrected chi connectivity index (χ2v) is 4.00. The van der Waals surface area contributed by atoms with Crippen LogP contribution < -0.4 is 10.1 Å². The highest BCUT2D eigenvalue weighted by molar-refractivity contribution is 5.94. The number of benzene rings is 1. The summed E-state index contributed by atoms with van der Waals surface area (Å²) < 4.78 is 5.35. The van der Waals surface area contributed by atoms with Gasteiger partial charge in [0.2, 0.25) is 0 Å². The van der Waals surface area contributed by atoms with Crippen LogP contribution in [-0.4, -0.2) is 43.6 Å². The highest BCUT2D eigenvalue weighted by Crippen LogP contribution is 2.13. The SMILES string of the molecule is CCOc1ccc(C(=O)N2CCNCC2)cc1. The second kappa shape index (κ2) is 5.68. The van der Waals surface area contributed by atoms with Crippen molar-refractivity contribution in [3.8, 4) is 5.75 Å². The summed E-state index contributed by atoms with van der Waals surface area (Å²) in [6.45, 7) is 5.91. The number of piperazine rings is 1. The van der Waals surface area contributed by atoms with E-state index < -0.39 is 0 Å². The normalized spacial score (nSPS) is 15.7. The first-order valence-electron chi connectivity index (χ1n) is 6.04. The lowest BCUT2D eigenvalue weighted by atomic mass is 10.2. The van der Waals surface area contributed by atoms with Gasteiger partial charge in [-0.1, -0.05) is 0 Å². The summed E-state index contributed by atoms with van der Waals surface area (Å²) in [5.41, 5.74) is 0.732.